The molecule has 2 heterocycles. The van der Waals surface area contributed by atoms with Gasteiger partial charge in [-0.2, -0.15) is 0 Å². The molecular weight excluding hydrogens is 321 g/mol. The predicted molar refractivity (Wildman–Crippen MR) is 94.7 cm³/mol. The summed E-state index contributed by atoms with van der Waals surface area (Å²) in [7, 11) is 0. The summed E-state index contributed by atoms with van der Waals surface area (Å²) in [4.78, 5) is 27.8. The van der Waals surface area contributed by atoms with Gasteiger partial charge in [-0.1, -0.05) is 6.07 Å². The summed E-state index contributed by atoms with van der Waals surface area (Å²) in [5, 5.41) is 3.33. The zero-order chi connectivity index (χ0) is 17.6. The number of nitrogens with one attached hydrogen (secondary N) is 1. The molecule has 0 unspecified atom stereocenters. The first-order valence-electron chi connectivity index (χ1n) is 9.19. The molecule has 2 saturated heterocycles. The Morgan fingerprint density at radius 1 is 1.28 bits per heavy atom. The number of nitrogens with zero attached hydrogens (tertiary/aromatic N) is 2. The fourth-order valence-corrected chi connectivity index (χ4v) is 3.66. The standard InChI is InChI=1S/C19H26FN3O2/c20-15-5-1-6-16(13-15)21-17-7-2-12-23(14-17)19(25)9-4-11-22-10-3-8-18(22)24/h1,5-6,13,17,21H,2-4,7-12,14H2/t17-/m1/s1. The van der Waals surface area contributed by atoms with E-state index in [4.69, 9.17) is 0 Å². The molecule has 136 valence electrons. The minimum absolute atomic E-state index is 0.150. The maximum Gasteiger partial charge on any atom is 0.222 e. The topological polar surface area (TPSA) is 52.7 Å². The van der Waals surface area contributed by atoms with E-state index in [9.17, 15) is 14.0 Å². The molecule has 1 atom stereocenters. The summed E-state index contributed by atoms with van der Waals surface area (Å²) in [5.74, 6) is 0.104. The lowest BCUT2D eigenvalue weighted by Crippen LogP contribution is -2.45. The molecule has 2 aliphatic rings. The van der Waals surface area contributed by atoms with E-state index >= 15 is 0 Å². The van der Waals surface area contributed by atoms with Gasteiger partial charge in [-0.05, 0) is 43.9 Å². The Morgan fingerprint density at radius 3 is 2.92 bits per heavy atom. The molecule has 1 aromatic rings. The van der Waals surface area contributed by atoms with Gasteiger partial charge in [-0.3, -0.25) is 9.59 Å². The van der Waals surface area contributed by atoms with Crippen LogP contribution in [0.1, 0.15) is 38.5 Å². The normalized spacial score (nSPS) is 20.8. The predicted octanol–water partition coefficient (Wildman–Crippen LogP) is 2.63. The van der Waals surface area contributed by atoms with E-state index in [0.29, 0.717) is 25.9 Å². The van der Waals surface area contributed by atoms with E-state index in [1.165, 1.54) is 12.1 Å². The van der Waals surface area contributed by atoms with Crippen LogP contribution in [0.3, 0.4) is 0 Å². The summed E-state index contributed by atoms with van der Waals surface area (Å²) in [6, 6.07) is 6.58. The number of piperidine rings is 1. The van der Waals surface area contributed by atoms with Crippen molar-refractivity contribution in [3.05, 3.63) is 30.1 Å². The number of carbonyl (C=O) groups is 2. The van der Waals surface area contributed by atoms with Gasteiger partial charge in [-0.15, -0.1) is 0 Å². The Bertz CT molecular complexity index is 622. The fraction of sp³-hybridized carbons (Fsp3) is 0.579. The highest BCUT2D eigenvalue weighted by atomic mass is 19.1. The van der Waals surface area contributed by atoms with Crippen molar-refractivity contribution in [2.45, 2.75) is 44.6 Å². The lowest BCUT2D eigenvalue weighted by Gasteiger charge is -2.34. The molecule has 3 rings (SSSR count). The molecule has 2 fully saturated rings. The SMILES string of the molecule is O=C1CCCN1CCCC(=O)N1CCC[C@@H](Nc2cccc(F)c2)C1. The van der Waals surface area contributed by atoms with Crippen LogP contribution >= 0.6 is 0 Å². The molecule has 5 nitrogen and oxygen atoms in total. The van der Waals surface area contributed by atoms with Gasteiger partial charge in [0.15, 0.2) is 0 Å². The number of rotatable bonds is 6. The molecule has 2 aliphatic heterocycles. The van der Waals surface area contributed by atoms with Gasteiger partial charge < -0.3 is 15.1 Å². The fourth-order valence-electron chi connectivity index (χ4n) is 3.66. The molecule has 0 radical (unpaired) electrons. The van der Waals surface area contributed by atoms with Crippen molar-refractivity contribution in [2.24, 2.45) is 0 Å². The van der Waals surface area contributed by atoms with Crippen molar-refractivity contribution in [3.63, 3.8) is 0 Å². The summed E-state index contributed by atoms with van der Waals surface area (Å²) in [6.07, 6.45) is 4.71. The third-order valence-electron chi connectivity index (χ3n) is 4.96. The average Bonchev–Trinajstić information content (AvgIpc) is 3.00. The van der Waals surface area contributed by atoms with Crippen molar-refractivity contribution >= 4 is 17.5 Å². The molecule has 1 N–H and O–H groups in total. The largest absolute Gasteiger partial charge is 0.380 e. The lowest BCUT2D eigenvalue weighted by atomic mass is 10.0. The van der Waals surface area contributed by atoms with Crippen LogP contribution in [0.2, 0.25) is 0 Å². The molecule has 1 aromatic carbocycles. The van der Waals surface area contributed by atoms with Gasteiger partial charge in [0, 0.05) is 50.7 Å². The average molecular weight is 347 g/mol. The van der Waals surface area contributed by atoms with Crippen LogP contribution in [0.15, 0.2) is 24.3 Å². The van der Waals surface area contributed by atoms with Crippen molar-refractivity contribution in [1.82, 2.24) is 9.80 Å². The highest BCUT2D eigenvalue weighted by Crippen LogP contribution is 2.18. The summed E-state index contributed by atoms with van der Waals surface area (Å²) in [6.45, 7) is 2.94. The van der Waals surface area contributed by atoms with Crippen molar-refractivity contribution in [1.29, 1.82) is 0 Å². The smallest absolute Gasteiger partial charge is 0.222 e. The molecule has 0 spiro atoms. The highest BCUT2D eigenvalue weighted by molar-refractivity contribution is 5.78. The molecule has 2 amide bonds. The van der Waals surface area contributed by atoms with E-state index in [1.807, 2.05) is 15.9 Å². The Hall–Kier alpha value is -2.11. The van der Waals surface area contributed by atoms with Crippen LogP contribution in [0.5, 0.6) is 0 Å². The van der Waals surface area contributed by atoms with Gasteiger partial charge >= 0.3 is 0 Å². The van der Waals surface area contributed by atoms with Gasteiger partial charge in [0.05, 0.1) is 0 Å². The minimum Gasteiger partial charge on any atom is -0.380 e. The van der Waals surface area contributed by atoms with E-state index in [0.717, 1.165) is 44.5 Å². The number of halogens is 1. The molecular formula is C19H26FN3O2. The number of hydrogen-bond acceptors (Lipinski definition) is 3. The van der Waals surface area contributed by atoms with Gasteiger partial charge in [0.25, 0.3) is 0 Å². The first-order chi connectivity index (χ1) is 12.1. The number of amides is 2. The van der Waals surface area contributed by atoms with Crippen LogP contribution in [0, 0.1) is 5.82 Å². The third-order valence-corrected chi connectivity index (χ3v) is 4.96. The quantitative estimate of drug-likeness (QED) is 0.861. The third kappa shape index (κ3) is 4.94. The van der Waals surface area contributed by atoms with Crippen molar-refractivity contribution < 1.29 is 14.0 Å². The monoisotopic (exact) mass is 347 g/mol. The molecule has 0 bridgehead atoms. The first kappa shape index (κ1) is 17.7. The molecule has 6 heteroatoms. The maximum absolute atomic E-state index is 13.3. The second-order valence-corrected chi connectivity index (χ2v) is 6.92. The second-order valence-electron chi connectivity index (χ2n) is 6.92. The Labute approximate surface area is 148 Å². The number of likely N-dealkylation sites (tertiary alicyclic amines) is 2. The Balaban J connectivity index is 1.44. The van der Waals surface area contributed by atoms with E-state index in [2.05, 4.69) is 5.32 Å². The molecule has 0 aromatic heterocycles. The molecule has 0 aliphatic carbocycles. The van der Waals surface area contributed by atoms with E-state index < -0.39 is 0 Å². The zero-order valence-electron chi connectivity index (χ0n) is 14.5. The number of anilines is 1. The number of hydrogen-bond donors (Lipinski definition) is 1. The van der Waals surface area contributed by atoms with Crippen LogP contribution in [-0.2, 0) is 9.59 Å². The second kappa shape index (κ2) is 8.32. The molecule has 25 heavy (non-hydrogen) atoms. The van der Waals surface area contributed by atoms with Crippen LogP contribution < -0.4 is 5.32 Å². The first-order valence-corrected chi connectivity index (χ1v) is 9.19. The summed E-state index contributed by atoms with van der Waals surface area (Å²) < 4.78 is 13.3. The van der Waals surface area contributed by atoms with E-state index in [1.54, 1.807) is 6.07 Å². The van der Waals surface area contributed by atoms with Crippen molar-refractivity contribution in [3.8, 4) is 0 Å². The van der Waals surface area contributed by atoms with Crippen LogP contribution in [-0.4, -0.2) is 53.8 Å². The lowest BCUT2D eigenvalue weighted by molar-refractivity contribution is -0.133. The highest BCUT2D eigenvalue weighted by Gasteiger charge is 2.24. The number of benzene rings is 1. The minimum atomic E-state index is -0.259. The number of carbonyl (C=O) groups excluding carboxylic acids is 2. The Kier molecular flexibility index (Phi) is 5.89. The van der Waals surface area contributed by atoms with Gasteiger partial charge in [-0.25, -0.2) is 4.39 Å². The maximum atomic E-state index is 13.3. The van der Waals surface area contributed by atoms with Gasteiger partial charge in [0.2, 0.25) is 11.8 Å². The summed E-state index contributed by atoms with van der Waals surface area (Å²) >= 11 is 0. The van der Waals surface area contributed by atoms with Gasteiger partial charge in [0.1, 0.15) is 5.82 Å². The summed E-state index contributed by atoms with van der Waals surface area (Å²) in [5.41, 5.74) is 0.756. The van der Waals surface area contributed by atoms with Crippen molar-refractivity contribution in [2.75, 3.05) is 31.5 Å². The van der Waals surface area contributed by atoms with Crippen LogP contribution in [0.4, 0.5) is 10.1 Å². The Morgan fingerprint density at radius 2 is 2.16 bits per heavy atom. The van der Waals surface area contributed by atoms with Crippen LogP contribution in [0.25, 0.3) is 0 Å². The molecule has 0 saturated carbocycles. The van der Waals surface area contributed by atoms with E-state index in [-0.39, 0.29) is 23.7 Å². The zero-order valence-corrected chi connectivity index (χ0v) is 14.5.